The quantitative estimate of drug-likeness (QED) is 0.597. The highest BCUT2D eigenvalue weighted by Gasteiger charge is 2.45. The molecule has 10 heteroatoms. The molecule has 0 radical (unpaired) electrons. The molecule has 2 aliphatic heterocycles. The van der Waals surface area contributed by atoms with E-state index in [2.05, 4.69) is 0 Å². The van der Waals surface area contributed by atoms with Gasteiger partial charge in [-0.1, -0.05) is 18.2 Å². The number of anilines is 1. The largest absolute Gasteiger partial charge is 0.457 e. The third-order valence-corrected chi connectivity index (χ3v) is 5.58. The molecule has 0 aromatic heterocycles. The maximum Gasteiger partial charge on any atom is 0.422 e. The smallest absolute Gasteiger partial charge is 0.422 e. The van der Waals surface area contributed by atoms with Crippen LogP contribution in [0, 0.1) is 10.1 Å². The molecule has 160 valence electrons. The van der Waals surface area contributed by atoms with Gasteiger partial charge in [-0.05, 0) is 24.6 Å². The number of halogens is 3. The Morgan fingerprint density at radius 2 is 1.83 bits per heavy atom. The number of hydrogen-bond acceptors (Lipinski definition) is 6. The Kier molecular flexibility index (Phi) is 5.29. The molecule has 2 saturated heterocycles. The molecule has 0 amide bonds. The van der Waals surface area contributed by atoms with Gasteiger partial charge in [-0.15, -0.1) is 0 Å². The summed E-state index contributed by atoms with van der Waals surface area (Å²) in [6.07, 6.45) is -5.02. The summed E-state index contributed by atoms with van der Waals surface area (Å²) in [5.41, 5.74) is -2.33. The fraction of sp³-hybridized carbons (Fsp3) is 0.400. The number of nitro groups is 1. The Labute approximate surface area is 170 Å². The zero-order valence-electron chi connectivity index (χ0n) is 15.9. The van der Waals surface area contributed by atoms with Gasteiger partial charge in [0.05, 0.1) is 17.1 Å². The molecule has 30 heavy (non-hydrogen) atoms. The van der Waals surface area contributed by atoms with Gasteiger partial charge in [-0.3, -0.25) is 15.0 Å². The molecule has 2 aliphatic rings. The van der Waals surface area contributed by atoms with Crippen LogP contribution >= 0.6 is 0 Å². The lowest BCUT2D eigenvalue weighted by Crippen LogP contribution is -2.53. The molecule has 1 unspecified atom stereocenters. The second-order valence-corrected chi connectivity index (χ2v) is 7.38. The molecule has 0 bridgehead atoms. The van der Waals surface area contributed by atoms with Crippen molar-refractivity contribution in [3.05, 3.63) is 58.1 Å². The fourth-order valence-electron chi connectivity index (χ4n) is 4.19. The highest BCUT2D eigenvalue weighted by molar-refractivity contribution is 5.73. The van der Waals surface area contributed by atoms with Gasteiger partial charge in [0.25, 0.3) is 5.69 Å². The van der Waals surface area contributed by atoms with Crippen LogP contribution in [0.25, 0.3) is 0 Å². The van der Waals surface area contributed by atoms with Crippen LogP contribution in [-0.2, 0) is 6.18 Å². The van der Waals surface area contributed by atoms with Crippen molar-refractivity contribution >= 4 is 11.4 Å². The van der Waals surface area contributed by atoms with Crippen LogP contribution in [0.15, 0.2) is 42.5 Å². The molecule has 7 nitrogen and oxygen atoms in total. The lowest BCUT2D eigenvalue weighted by Gasteiger charge is -2.40. The SMILES string of the molecule is O=[N+]([O-])c1ccc(Oc2ccccc2)c(C(F)(F)F)c1N1CCN2CCC(O)[C@@H]2C1. The zero-order valence-corrected chi connectivity index (χ0v) is 15.9. The molecular formula is C20H20F3N3O4. The molecule has 0 aliphatic carbocycles. The molecule has 2 atom stereocenters. The number of rotatable bonds is 4. The first-order valence-electron chi connectivity index (χ1n) is 9.54. The maximum absolute atomic E-state index is 14.2. The normalized spacial score (nSPS) is 22.1. The number of hydrogen-bond donors (Lipinski definition) is 1. The van der Waals surface area contributed by atoms with E-state index in [9.17, 15) is 28.4 Å². The molecule has 2 aromatic carbocycles. The molecule has 2 aromatic rings. The molecule has 0 saturated carbocycles. The van der Waals surface area contributed by atoms with E-state index in [1.807, 2.05) is 4.90 Å². The van der Waals surface area contributed by atoms with Crippen molar-refractivity contribution in [2.75, 3.05) is 31.1 Å². The van der Waals surface area contributed by atoms with Crippen molar-refractivity contribution in [1.82, 2.24) is 4.90 Å². The molecule has 2 fully saturated rings. The molecule has 1 N–H and O–H groups in total. The summed E-state index contributed by atoms with van der Waals surface area (Å²) < 4.78 is 48.0. The van der Waals surface area contributed by atoms with Gasteiger partial charge in [0.1, 0.15) is 22.7 Å². The van der Waals surface area contributed by atoms with Crippen LogP contribution in [0.5, 0.6) is 11.5 Å². The lowest BCUT2D eigenvalue weighted by molar-refractivity contribution is -0.384. The number of fused-ring (bicyclic) bond motifs is 1. The van der Waals surface area contributed by atoms with Crippen LogP contribution in [0.1, 0.15) is 12.0 Å². The van der Waals surface area contributed by atoms with Gasteiger partial charge >= 0.3 is 6.18 Å². The predicted octanol–water partition coefficient (Wildman–Crippen LogP) is 3.66. The summed E-state index contributed by atoms with van der Waals surface area (Å²) in [5, 5.41) is 21.8. The van der Waals surface area contributed by atoms with E-state index < -0.39 is 39.9 Å². The Balaban J connectivity index is 1.82. The Bertz CT molecular complexity index is 939. The number of ether oxygens (including phenoxy) is 1. The van der Waals surface area contributed by atoms with E-state index in [0.29, 0.717) is 19.5 Å². The van der Waals surface area contributed by atoms with Crippen LogP contribution in [-0.4, -0.2) is 53.3 Å². The summed E-state index contributed by atoms with van der Waals surface area (Å²) in [5.74, 6) is -0.303. The number of nitrogens with zero attached hydrogens (tertiary/aromatic N) is 3. The first-order chi connectivity index (χ1) is 14.3. The molecular weight excluding hydrogens is 403 g/mol. The first-order valence-corrected chi connectivity index (χ1v) is 9.54. The van der Waals surface area contributed by atoms with E-state index >= 15 is 0 Å². The van der Waals surface area contributed by atoms with Gasteiger partial charge in [0, 0.05) is 32.2 Å². The van der Waals surface area contributed by atoms with E-state index in [1.54, 1.807) is 18.2 Å². The van der Waals surface area contributed by atoms with E-state index in [0.717, 1.165) is 12.1 Å². The third-order valence-electron chi connectivity index (χ3n) is 5.58. The Hall–Kier alpha value is -2.85. The number of para-hydroxylation sites is 1. The molecule has 0 spiro atoms. The van der Waals surface area contributed by atoms with E-state index in [-0.39, 0.29) is 24.9 Å². The minimum absolute atomic E-state index is 0.0693. The van der Waals surface area contributed by atoms with Gasteiger partial charge in [0.2, 0.25) is 0 Å². The second-order valence-electron chi connectivity index (χ2n) is 7.38. The Morgan fingerprint density at radius 1 is 1.10 bits per heavy atom. The lowest BCUT2D eigenvalue weighted by atomic mass is 10.0. The standard InChI is InChI=1S/C20H20F3N3O4/c21-20(22,23)18-17(30-13-4-2-1-3-5-13)7-6-14(26(28)29)19(18)25-11-10-24-9-8-16(27)15(24)12-25/h1-7,15-16,27H,8-12H2/t15-,16?/m0/s1. The number of nitro benzene ring substituents is 1. The summed E-state index contributed by atoms with van der Waals surface area (Å²) in [4.78, 5) is 14.2. The third kappa shape index (κ3) is 3.80. The van der Waals surface area contributed by atoms with Crippen LogP contribution in [0.4, 0.5) is 24.5 Å². The monoisotopic (exact) mass is 423 g/mol. The van der Waals surface area contributed by atoms with E-state index in [1.165, 1.54) is 17.0 Å². The number of aliphatic hydroxyl groups is 1. The van der Waals surface area contributed by atoms with Gasteiger partial charge < -0.3 is 14.7 Å². The van der Waals surface area contributed by atoms with E-state index in [4.69, 9.17) is 4.74 Å². The number of benzene rings is 2. The second kappa shape index (κ2) is 7.77. The van der Waals surface area contributed by atoms with Crippen molar-refractivity contribution in [2.45, 2.75) is 24.7 Å². The minimum atomic E-state index is -4.88. The van der Waals surface area contributed by atoms with Crippen LogP contribution < -0.4 is 9.64 Å². The average Bonchev–Trinajstić information content (AvgIpc) is 3.07. The molecule has 4 rings (SSSR count). The van der Waals surface area contributed by atoms with Crippen LogP contribution in [0.3, 0.4) is 0 Å². The summed E-state index contributed by atoms with van der Waals surface area (Å²) in [7, 11) is 0. The number of piperazine rings is 1. The van der Waals surface area contributed by atoms with Crippen molar-refractivity contribution in [3.63, 3.8) is 0 Å². The minimum Gasteiger partial charge on any atom is -0.457 e. The zero-order chi connectivity index (χ0) is 21.5. The summed E-state index contributed by atoms with van der Waals surface area (Å²) >= 11 is 0. The number of alkyl halides is 3. The van der Waals surface area contributed by atoms with Crippen molar-refractivity contribution in [1.29, 1.82) is 0 Å². The van der Waals surface area contributed by atoms with Crippen molar-refractivity contribution < 1.29 is 27.9 Å². The Morgan fingerprint density at radius 3 is 2.50 bits per heavy atom. The predicted molar refractivity (Wildman–Crippen MR) is 103 cm³/mol. The maximum atomic E-state index is 14.2. The van der Waals surface area contributed by atoms with Gasteiger partial charge in [0.15, 0.2) is 0 Å². The topological polar surface area (TPSA) is 79.1 Å². The average molecular weight is 423 g/mol. The summed E-state index contributed by atoms with van der Waals surface area (Å²) in [6, 6.07) is 9.62. The van der Waals surface area contributed by atoms with Crippen molar-refractivity contribution in [2.24, 2.45) is 0 Å². The van der Waals surface area contributed by atoms with Crippen molar-refractivity contribution in [3.8, 4) is 11.5 Å². The summed E-state index contributed by atoms with van der Waals surface area (Å²) in [6.45, 7) is 1.33. The van der Waals surface area contributed by atoms with Gasteiger partial charge in [-0.25, -0.2) is 0 Å². The highest BCUT2D eigenvalue weighted by Crippen LogP contribution is 2.48. The highest BCUT2D eigenvalue weighted by atomic mass is 19.4. The van der Waals surface area contributed by atoms with Gasteiger partial charge in [-0.2, -0.15) is 13.2 Å². The number of aliphatic hydroxyl groups excluding tert-OH is 1. The first kappa shape index (κ1) is 20.4. The van der Waals surface area contributed by atoms with Crippen LogP contribution in [0.2, 0.25) is 0 Å². The molecule has 2 heterocycles. The fourth-order valence-corrected chi connectivity index (χ4v) is 4.19.